The first-order chi connectivity index (χ1) is 9.28. The maximum atomic E-state index is 12.3. The fraction of sp³-hybridized carbons (Fsp3) is 0.231. The third-order valence-electron chi connectivity index (χ3n) is 2.65. The number of rotatable bonds is 2. The lowest BCUT2D eigenvalue weighted by Crippen LogP contribution is -2.36. The molecule has 0 spiro atoms. The van der Waals surface area contributed by atoms with Crippen LogP contribution < -0.4 is 0 Å². The van der Waals surface area contributed by atoms with E-state index in [2.05, 4.69) is 4.98 Å². The molecular formula is C13H10ClF3N2O. The zero-order valence-electron chi connectivity index (χ0n) is 10.4. The van der Waals surface area contributed by atoms with Crippen molar-refractivity contribution in [2.24, 2.45) is 0 Å². The summed E-state index contributed by atoms with van der Waals surface area (Å²) < 4.78 is 36.8. The number of halogens is 4. The van der Waals surface area contributed by atoms with Gasteiger partial charge in [0, 0.05) is 12.4 Å². The summed E-state index contributed by atoms with van der Waals surface area (Å²) in [6.07, 6.45) is -4.45. The van der Waals surface area contributed by atoms with E-state index in [-0.39, 0.29) is 10.7 Å². The largest absolute Gasteiger partial charge is 0.406 e. The van der Waals surface area contributed by atoms with Gasteiger partial charge in [-0.15, -0.1) is 0 Å². The van der Waals surface area contributed by atoms with Crippen molar-refractivity contribution < 1.29 is 18.0 Å². The highest BCUT2D eigenvalue weighted by Crippen LogP contribution is 2.24. The van der Waals surface area contributed by atoms with Gasteiger partial charge >= 0.3 is 6.18 Å². The third kappa shape index (κ3) is 3.19. The monoisotopic (exact) mass is 302 g/mol. The van der Waals surface area contributed by atoms with Gasteiger partial charge in [0.05, 0.1) is 10.5 Å². The number of carbonyl (C=O) groups excluding carboxylic acids is 1. The number of aromatic nitrogens is 1. The van der Waals surface area contributed by atoms with Crippen LogP contribution in [0.2, 0.25) is 5.02 Å². The van der Waals surface area contributed by atoms with E-state index in [1.807, 2.05) is 0 Å². The van der Waals surface area contributed by atoms with Crippen LogP contribution in [0.1, 0.15) is 10.5 Å². The second kappa shape index (κ2) is 5.28. The van der Waals surface area contributed by atoms with E-state index in [0.717, 1.165) is 7.05 Å². The molecule has 1 amide bonds. The summed E-state index contributed by atoms with van der Waals surface area (Å²) in [6.45, 7) is -1.34. The number of hydrogen-bond donors (Lipinski definition) is 0. The van der Waals surface area contributed by atoms with Crippen molar-refractivity contribution in [3.05, 3.63) is 41.0 Å². The molecule has 0 bridgehead atoms. The Hall–Kier alpha value is -1.82. The van der Waals surface area contributed by atoms with E-state index in [1.54, 1.807) is 24.3 Å². The Morgan fingerprint density at radius 2 is 2.00 bits per heavy atom. The molecule has 1 heterocycles. The molecule has 0 aliphatic carbocycles. The molecule has 1 aromatic heterocycles. The van der Waals surface area contributed by atoms with E-state index in [0.29, 0.717) is 15.8 Å². The minimum absolute atomic E-state index is 0.111. The Morgan fingerprint density at radius 3 is 2.65 bits per heavy atom. The fourth-order valence-electron chi connectivity index (χ4n) is 1.78. The van der Waals surface area contributed by atoms with Crippen LogP contribution in [0.15, 0.2) is 30.3 Å². The predicted octanol–water partition coefficient (Wildman–Crippen LogP) is 3.52. The minimum Gasteiger partial charge on any atom is -0.331 e. The van der Waals surface area contributed by atoms with Crippen molar-refractivity contribution in [2.75, 3.05) is 13.6 Å². The van der Waals surface area contributed by atoms with Crippen LogP contribution in [0.3, 0.4) is 0 Å². The molecule has 1 aromatic carbocycles. The van der Waals surface area contributed by atoms with E-state index in [9.17, 15) is 18.0 Å². The van der Waals surface area contributed by atoms with Crippen LogP contribution in [-0.2, 0) is 0 Å². The second-order valence-corrected chi connectivity index (χ2v) is 4.69. The standard InChI is InChI=1S/C13H10ClF3N2O/c1-19(7-13(15,16)17)12(20)11-6-9(14)8-4-2-3-5-10(8)18-11/h2-6H,7H2,1H3. The Kier molecular flexibility index (Phi) is 3.85. The topological polar surface area (TPSA) is 33.2 Å². The average Bonchev–Trinajstić information content (AvgIpc) is 2.35. The summed E-state index contributed by atoms with van der Waals surface area (Å²) in [5.41, 5.74) is 0.351. The number of carbonyl (C=O) groups is 1. The van der Waals surface area contributed by atoms with Gasteiger partial charge in [0.1, 0.15) is 12.2 Å². The Morgan fingerprint density at radius 1 is 1.35 bits per heavy atom. The molecule has 0 saturated carbocycles. The van der Waals surface area contributed by atoms with Crippen LogP contribution in [0.5, 0.6) is 0 Å². The normalized spacial score (nSPS) is 11.7. The van der Waals surface area contributed by atoms with Gasteiger partial charge in [0.25, 0.3) is 5.91 Å². The van der Waals surface area contributed by atoms with Gasteiger partial charge in [-0.3, -0.25) is 4.79 Å². The lowest BCUT2D eigenvalue weighted by Gasteiger charge is -2.18. The molecule has 2 rings (SSSR count). The van der Waals surface area contributed by atoms with Gasteiger partial charge < -0.3 is 4.90 Å². The van der Waals surface area contributed by atoms with Crippen LogP contribution in [0.4, 0.5) is 13.2 Å². The molecule has 0 aliphatic rings. The summed E-state index contributed by atoms with van der Waals surface area (Å²) in [4.78, 5) is 16.5. The summed E-state index contributed by atoms with van der Waals surface area (Å²) in [7, 11) is 1.07. The second-order valence-electron chi connectivity index (χ2n) is 4.28. The third-order valence-corrected chi connectivity index (χ3v) is 2.96. The van der Waals surface area contributed by atoms with Crippen molar-refractivity contribution in [2.45, 2.75) is 6.18 Å². The fourth-order valence-corrected chi connectivity index (χ4v) is 2.04. The van der Waals surface area contributed by atoms with Crippen molar-refractivity contribution in [1.82, 2.24) is 9.88 Å². The molecule has 0 N–H and O–H groups in total. The zero-order valence-corrected chi connectivity index (χ0v) is 11.2. The Bertz CT molecular complexity index is 658. The van der Waals surface area contributed by atoms with E-state index in [1.165, 1.54) is 6.07 Å². The highest BCUT2D eigenvalue weighted by molar-refractivity contribution is 6.35. The number of alkyl halides is 3. The number of hydrogen-bond acceptors (Lipinski definition) is 2. The van der Waals surface area contributed by atoms with Crippen LogP contribution >= 0.6 is 11.6 Å². The molecule has 0 radical (unpaired) electrons. The predicted molar refractivity (Wildman–Crippen MR) is 69.8 cm³/mol. The van der Waals surface area contributed by atoms with Crippen LogP contribution in [0.25, 0.3) is 10.9 Å². The molecule has 0 aliphatic heterocycles. The van der Waals surface area contributed by atoms with Gasteiger partial charge in [-0.05, 0) is 12.1 Å². The highest BCUT2D eigenvalue weighted by Gasteiger charge is 2.32. The molecule has 0 fully saturated rings. The van der Waals surface area contributed by atoms with Gasteiger partial charge in [-0.25, -0.2) is 4.98 Å². The number of benzene rings is 1. The first-order valence-electron chi connectivity index (χ1n) is 5.65. The van der Waals surface area contributed by atoms with Gasteiger partial charge in [-0.1, -0.05) is 29.8 Å². The molecular weight excluding hydrogens is 293 g/mol. The lowest BCUT2D eigenvalue weighted by molar-refractivity contribution is -0.138. The average molecular weight is 303 g/mol. The SMILES string of the molecule is CN(CC(F)(F)F)C(=O)c1cc(Cl)c2ccccc2n1. The number of nitrogens with zero attached hydrogens (tertiary/aromatic N) is 2. The maximum Gasteiger partial charge on any atom is 0.406 e. The van der Waals surface area contributed by atoms with Crippen molar-refractivity contribution in [1.29, 1.82) is 0 Å². The summed E-state index contributed by atoms with van der Waals surface area (Å²) in [6, 6.07) is 8.10. The number of para-hydroxylation sites is 1. The van der Waals surface area contributed by atoms with Gasteiger partial charge in [-0.2, -0.15) is 13.2 Å². The molecule has 0 unspecified atom stereocenters. The first-order valence-corrected chi connectivity index (χ1v) is 6.03. The molecule has 106 valence electrons. The summed E-state index contributed by atoms with van der Waals surface area (Å²) in [5, 5.41) is 0.920. The quantitative estimate of drug-likeness (QED) is 0.850. The maximum absolute atomic E-state index is 12.3. The zero-order chi connectivity index (χ0) is 14.9. The van der Waals surface area contributed by atoms with E-state index < -0.39 is 18.6 Å². The molecule has 0 saturated heterocycles. The van der Waals surface area contributed by atoms with Crippen molar-refractivity contribution in [3.63, 3.8) is 0 Å². The summed E-state index contributed by atoms with van der Waals surface area (Å²) >= 11 is 6.01. The number of fused-ring (bicyclic) bond motifs is 1. The Balaban J connectivity index is 2.35. The minimum atomic E-state index is -4.45. The number of pyridine rings is 1. The lowest BCUT2D eigenvalue weighted by atomic mass is 10.2. The first kappa shape index (κ1) is 14.6. The molecule has 0 atom stereocenters. The molecule has 3 nitrogen and oxygen atoms in total. The molecule has 7 heteroatoms. The van der Waals surface area contributed by atoms with Crippen LogP contribution in [-0.4, -0.2) is 35.6 Å². The number of amides is 1. The Labute approximate surface area is 118 Å². The van der Waals surface area contributed by atoms with Gasteiger partial charge in [0.2, 0.25) is 0 Å². The van der Waals surface area contributed by atoms with Crippen molar-refractivity contribution >= 4 is 28.4 Å². The molecule has 2 aromatic rings. The summed E-state index contributed by atoms with van der Waals surface area (Å²) in [5.74, 6) is -0.824. The van der Waals surface area contributed by atoms with E-state index in [4.69, 9.17) is 11.6 Å². The molecule has 20 heavy (non-hydrogen) atoms. The van der Waals surface area contributed by atoms with Crippen LogP contribution in [0, 0.1) is 0 Å². The van der Waals surface area contributed by atoms with Crippen molar-refractivity contribution in [3.8, 4) is 0 Å². The highest BCUT2D eigenvalue weighted by atomic mass is 35.5. The van der Waals surface area contributed by atoms with E-state index >= 15 is 0 Å². The smallest absolute Gasteiger partial charge is 0.331 e. The van der Waals surface area contributed by atoms with Gasteiger partial charge in [0.15, 0.2) is 0 Å².